The lowest BCUT2D eigenvalue weighted by atomic mass is 10.2. The van der Waals surface area contributed by atoms with Crippen molar-refractivity contribution in [3.05, 3.63) is 23.8 Å². The molecule has 0 bridgehead atoms. The number of aromatic carboxylic acids is 1. The molecular formula is C24H7NO4S2. The summed E-state index contributed by atoms with van der Waals surface area (Å²) in [5.41, 5.74) is 0.586. The Hall–Kier alpha value is -4.68. The van der Waals surface area contributed by atoms with Gasteiger partial charge in [-0.3, -0.25) is 0 Å². The molecule has 0 aliphatic heterocycles. The Morgan fingerprint density at radius 1 is 0.935 bits per heavy atom. The minimum atomic E-state index is -1.15. The number of aromatic nitrogens is 1. The Balaban J connectivity index is 2.06. The summed E-state index contributed by atoms with van der Waals surface area (Å²) in [6.45, 7) is 0. The number of hydrogen-bond acceptors (Lipinski definition) is 5. The van der Waals surface area contributed by atoms with Gasteiger partial charge < -0.3 is 10.2 Å². The van der Waals surface area contributed by atoms with Crippen LogP contribution < -0.4 is 0 Å². The summed E-state index contributed by atoms with van der Waals surface area (Å²) in [7, 11) is 0. The van der Waals surface area contributed by atoms with Crippen molar-refractivity contribution in [3.8, 4) is 83.4 Å². The largest absolute Gasteiger partial charge is 0.480 e. The first-order valence-electron chi connectivity index (χ1n) is 8.00. The molecule has 144 valence electrons. The van der Waals surface area contributed by atoms with E-state index in [0.29, 0.717) is 9.86 Å². The Morgan fingerprint density at radius 2 is 1.52 bits per heavy atom. The summed E-state index contributed by atoms with van der Waals surface area (Å²) in [5.74, 6) is 29.0. The molecule has 1 aromatic heterocycles. The zero-order valence-corrected chi connectivity index (χ0v) is 17.0. The highest BCUT2D eigenvalue weighted by molar-refractivity contribution is 8.02. The predicted octanol–water partition coefficient (Wildman–Crippen LogP) is 2.19. The van der Waals surface area contributed by atoms with Crippen molar-refractivity contribution in [2.75, 3.05) is 0 Å². The molecule has 5 nitrogen and oxygen atoms in total. The molecule has 1 aromatic carbocycles. The van der Waals surface area contributed by atoms with Crippen molar-refractivity contribution in [3.63, 3.8) is 0 Å². The Morgan fingerprint density at radius 3 is 2.06 bits per heavy atom. The fourth-order valence-electron chi connectivity index (χ4n) is 1.75. The van der Waals surface area contributed by atoms with Gasteiger partial charge in [0, 0.05) is 0 Å². The number of terminal acetylenes is 1. The molecule has 31 heavy (non-hydrogen) atoms. The molecule has 0 aliphatic rings. The van der Waals surface area contributed by atoms with Crippen LogP contribution >= 0.6 is 23.1 Å². The topological polar surface area (TPSA) is 87.5 Å². The maximum atomic E-state index is 11.4. The van der Waals surface area contributed by atoms with Crippen molar-refractivity contribution in [2.24, 2.45) is 0 Å². The SMILES string of the molecule is C#CC#CC#CC#CC#CC#CC#CC(Sc1nc2cc(C(=O)O)ccc2s1)C(=O)O. The maximum absolute atomic E-state index is 11.4. The van der Waals surface area contributed by atoms with E-state index in [0.717, 1.165) is 16.5 Å². The zero-order valence-electron chi connectivity index (χ0n) is 15.4. The number of carboxylic acid groups (broad SMARTS) is 2. The van der Waals surface area contributed by atoms with Crippen LogP contribution in [0.1, 0.15) is 10.4 Å². The van der Waals surface area contributed by atoms with Crippen LogP contribution in [0.15, 0.2) is 22.5 Å². The first kappa shape index (κ1) is 22.6. The second-order valence-corrected chi connectivity index (χ2v) is 7.35. The van der Waals surface area contributed by atoms with Crippen molar-refractivity contribution >= 4 is 45.3 Å². The molecule has 2 N–H and O–H groups in total. The maximum Gasteiger partial charge on any atom is 0.335 e. The molecule has 0 saturated heterocycles. The van der Waals surface area contributed by atoms with Crippen LogP contribution in [0.4, 0.5) is 0 Å². The highest BCUT2D eigenvalue weighted by atomic mass is 32.2. The van der Waals surface area contributed by atoms with Gasteiger partial charge in [-0.1, -0.05) is 17.7 Å². The number of rotatable bonds is 4. The summed E-state index contributed by atoms with van der Waals surface area (Å²) in [4.78, 5) is 26.8. The molecule has 0 fully saturated rings. The Labute approximate surface area is 186 Å². The fraction of sp³-hybridized carbons (Fsp3) is 0.0417. The monoisotopic (exact) mass is 437 g/mol. The van der Waals surface area contributed by atoms with Crippen molar-refractivity contribution < 1.29 is 19.8 Å². The van der Waals surface area contributed by atoms with E-state index in [-0.39, 0.29) is 5.56 Å². The highest BCUT2D eigenvalue weighted by Gasteiger charge is 2.19. The average Bonchev–Trinajstić information content (AvgIpc) is 3.15. The van der Waals surface area contributed by atoms with E-state index in [4.69, 9.17) is 11.5 Å². The van der Waals surface area contributed by atoms with Gasteiger partial charge in [-0.05, 0) is 89.2 Å². The molecule has 0 spiro atoms. The lowest BCUT2D eigenvalue weighted by molar-refractivity contribution is -0.135. The molecule has 1 atom stereocenters. The minimum absolute atomic E-state index is 0.106. The second kappa shape index (κ2) is 12.0. The molecule has 1 unspecified atom stereocenters. The van der Waals surface area contributed by atoms with Gasteiger partial charge in [-0.15, -0.1) is 17.8 Å². The van der Waals surface area contributed by atoms with E-state index >= 15 is 0 Å². The molecular weight excluding hydrogens is 430 g/mol. The molecule has 0 aliphatic carbocycles. The number of fused-ring (bicyclic) bond motifs is 1. The van der Waals surface area contributed by atoms with Crippen molar-refractivity contribution in [2.45, 2.75) is 9.59 Å². The van der Waals surface area contributed by atoms with Crippen LogP contribution in [0, 0.1) is 83.4 Å². The van der Waals surface area contributed by atoms with Crippen LogP contribution in [-0.4, -0.2) is 32.4 Å². The third-order valence-electron chi connectivity index (χ3n) is 2.96. The number of hydrogen-bond donors (Lipinski definition) is 2. The van der Waals surface area contributed by atoms with Gasteiger partial charge in [0.2, 0.25) is 0 Å². The normalized spacial score (nSPS) is 8.87. The van der Waals surface area contributed by atoms with E-state index in [1.165, 1.54) is 23.5 Å². The third kappa shape index (κ3) is 7.69. The first-order valence-corrected chi connectivity index (χ1v) is 9.70. The summed E-state index contributed by atoms with van der Waals surface area (Å²) in [5, 5.41) is 17.3. The van der Waals surface area contributed by atoms with Crippen LogP contribution in [0.2, 0.25) is 0 Å². The fourth-order valence-corrected chi connectivity index (χ4v) is 3.75. The minimum Gasteiger partial charge on any atom is -0.480 e. The van der Waals surface area contributed by atoms with Gasteiger partial charge in [0.15, 0.2) is 9.59 Å². The van der Waals surface area contributed by atoms with E-state index in [1.807, 2.05) is 0 Å². The van der Waals surface area contributed by atoms with Crippen LogP contribution in [-0.2, 0) is 4.79 Å². The number of carboxylic acids is 2. The van der Waals surface area contributed by atoms with Crippen LogP contribution in [0.3, 0.4) is 0 Å². The number of thiazole rings is 1. The summed E-state index contributed by atoms with van der Waals surface area (Å²) < 4.78 is 1.20. The first-order chi connectivity index (χ1) is 15.0. The molecule has 0 radical (unpaired) electrons. The second-order valence-electron chi connectivity index (χ2n) is 4.97. The van der Waals surface area contributed by atoms with E-state index in [2.05, 4.69) is 81.9 Å². The van der Waals surface area contributed by atoms with Crippen LogP contribution in [0.25, 0.3) is 10.2 Å². The summed E-state index contributed by atoms with van der Waals surface area (Å²) >= 11 is 2.19. The number of thioether (sulfide) groups is 1. The quantitative estimate of drug-likeness (QED) is 0.563. The number of carbonyl (C=O) groups is 2. The molecule has 2 rings (SSSR count). The predicted molar refractivity (Wildman–Crippen MR) is 119 cm³/mol. The standard InChI is InChI=1S/C24H7NO4S2/c1-2-3-4-5-6-7-8-9-10-11-12-13-14-21(23(28)29)31-24-25-19-17-18(22(26)27)15-16-20(19)30-24/h1,15-17,21H,(H,26,27)(H,28,29). The van der Waals surface area contributed by atoms with Gasteiger partial charge in [0.25, 0.3) is 0 Å². The van der Waals surface area contributed by atoms with Gasteiger partial charge in [0.1, 0.15) is 0 Å². The van der Waals surface area contributed by atoms with Crippen molar-refractivity contribution in [1.29, 1.82) is 0 Å². The molecule has 7 heteroatoms. The van der Waals surface area contributed by atoms with E-state index < -0.39 is 17.2 Å². The number of nitrogens with zero attached hydrogens (tertiary/aromatic N) is 1. The molecule has 1 heterocycles. The van der Waals surface area contributed by atoms with Gasteiger partial charge in [-0.25, -0.2) is 14.6 Å². The molecule has 2 aromatic rings. The van der Waals surface area contributed by atoms with E-state index in [9.17, 15) is 14.7 Å². The molecule has 0 saturated carbocycles. The Bertz CT molecular complexity index is 1470. The Kier molecular flexibility index (Phi) is 8.75. The lowest BCUT2D eigenvalue weighted by Gasteiger charge is -2.00. The average molecular weight is 437 g/mol. The number of benzene rings is 1. The summed E-state index contributed by atoms with van der Waals surface area (Å²) in [6.07, 6.45) is 4.92. The number of aliphatic carboxylic acids is 1. The zero-order chi connectivity index (χ0) is 22.5. The van der Waals surface area contributed by atoms with Gasteiger partial charge in [-0.2, -0.15) is 0 Å². The van der Waals surface area contributed by atoms with Gasteiger partial charge in [0.05, 0.1) is 15.8 Å². The third-order valence-corrected chi connectivity index (χ3v) is 5.18. The van der Waals surface area contributed by atoms with Crippen LogP contribution in [0.5, 0.6) is 0 Å². The molecule has 0 amide bonds. The van der Waals surface area contributed by atoms with Gasteiger partial charge >= 0.3 is 11.9 Å². The highest BCUT2D eigenvalue weighted by Crippen LogP contribution is 2.32. The lowest BCUT2D eigenvalue weighted by Crippen LogP contribution is -2.13. The summed E-state index contributed by atoms with van der Waals surface area (Å²) in [6, 6.07) is 4.53. The van der Waals surface area contributed by atoms with E-state index in [1.54, 1.807) is 6.07 Å². The van der Waals surface area contributed by atoms with Crippen molar-refractivity contribution in [1.82, 2.24) is 4.98 Å². The smallest absolute Gasteiger partial charge is 0.335 e.